The minimum Gasteiger partial charge on any atom is -0.316 e. The van der Waals surface area contributed by atoms with Gasteiger partial charge in [-0.2, -0.15) is 0 Å². The van der Waals surface area contributed by atoms with Crippen molar-refractivity contribution in [2.24, 2.45) is 0 Å². The van der Waals surface area contributed by atoms with E-state index in [9.17, 15) is 4.39 Å². The van der Waals surface area contributed by atoms with Crippen LogP contribution in [0.4, 0.5) is 4.39 Å². The molecule has 2 rings (SSSR count). The van der Waals surface area contributed by atoms with Gasteiger partial charge in [-0.25, -0.2) is 4.39 Å². The molecule has 0 aromatic heterocycles. The highest BCUT2D eigenvalue weighted by Gasteiger charge is 2.15. The Bertz CT molecular complexity index is 566. The van der Waals surface area contributed by atoms with Gasteiger partial charge in [0.05, 0.1) is 0 Å². The largest absolute Gasteiger partial charge is 0.316 e. The van der Waals surface area contributed by atoms with Crippen LogP contribution in [0.2, 0.25) is 10.0 Å². The van der Waals surface area contributed by atoms with Crippen molar-refractivity contribution in [3.05, 3.63) is 69.5 Å². The second-order valence-corrected chi connectivity index (χ2v) is 5.50. The zero-order valence-corrected chi connectivity index (χ0v) is 12.7. The fourth-order valence-electron chi connectivity index (χ4n) is 2.18. The van der Waals surface area contributed by atoms with E-state index in [-0.39, 0.29) is 11.9 Å². The summed E-state index contributed by atoms with van der Waals surface area (Å²) in [5.74, 6) is -0.267. The molecule has 1 nitrogen and oxygen atoms in total. The van der Waals surface area contributed by atoms with Crippen LogP contribution in [0.3, 0.4) is 0 Å². The van der Waals surface area contributed by atoms with Gasteiger partial charge in [-0.15, -0.1) is 0 Å². The topological polar surface area (TPSA) is 12.0 Å². The predicted octanol–water partition coefficient (Wildman–Crippen LogP) is 4.51. The van der Waals surface area contributed by atoms with Crippen LogP contribution in [0.25, 0.3) is 0 Å². The summed E-state index contributed by atoms with van der Waals surface area (Å²) in [5, 5.41) is 4.39. The first kappa shape index (κ1) is 15.3. The molecule has 106 valence electrons. The van der Waals surface area contributed by atoms with E-state index in [0.29, 0.717) is 17.0 Å². The molecule has 0 aliphatic heterocycles. The van der Waals surface area contributed by atoms with Crippen molar-refractivity contribution < 1.29 is 4.39 Å². The van der Waals surface area contributed by atoms with Gasteiger partial charge in [0.2, 0.25) is 0 Å². The summed E-state index contributed by atoms with van der Waals surface area (Å²) in [6, 6.07) is 12.5. The summed E-state index contributed by atoms with van der Waals surface area (Å²) >= 11 is 12.2. The number of hydrogen-bond acceptors (Lipinski definition) is 1. The van der Waals surface area contributed by atoms with Gasteiger partial charge in [-0.1, -0.05) is 47.5 Å². The molecule has 0 fully saturated rings. The van der Waals surface area contributed by atoms with Crippen LogP contribution in [-0.4, -0.2) is 13.1 Å². The fraction of sp³-hybridized carbons (Fsp3) is 0.250. The summed E-state index contributed by atoms with van der Waals surface area (Å²) in [7, 11) is 1.86. The van der Waals surface area contributed by atoms with Gasteiger partial charge >= 0.3 is 0 Å². The van der Waals surface area contributed by atoms with Crippen LogP contribution >= 0.6 is 23.2 Å². The monoisotopic (exact) mass is 311 g/mol. The van der Waals surface area contributed by atoms with Gasteiger partial charge in [0, 0.05) is 21.7 Å². The lowest BCUT2D eigenvalue weighted by Gasteiger charge is -2.18. The van der Waals surface area contributed by atoms with Gasteiger partial charge in [0.1, 0.15) is 5.82 Å². The molecule has 0 aliphatic rings. The van der Waals surface area contributed by atoms with Crippen LogP contribution in [0.15, 0.2) is 42.5 Å². The molecule has 1 atom stereocenters. The molecule has 0 spiro atoms. The predicted molar refractivity (Wildman–Crippen MR) is 83.1 cm³/mol. The summed E-state index contributed by atoms with van der Waals surface area (Å²) in [4.78, 5) is 0. The standard InChI is InChI=1S/C16H16Cl2FN/c1-20-12(9-11-5-2-3-6-14(11)17)10-13-15(18)7-4-8-16(13)19/h2-8,12,20H,9-10H2,1H3. The van der Waals surface area contributed by atoms with Crippen molar-refractivity contribution in [3.8, 4) is 0 Å². The first-order valence-corrected chi connectivity index (χ1v) is 7.21. The second kappa shape index (κ2) is 7.07. The van der Waals surface area contributed by atoms with Crippen molar-refractivity contribution in [3.63, 3.8) is 0 Å². The molecule has 0 aliphatic carbocycles. The number of rotatable bonds is 5. The molecule has 0 heterocycles. The van der Waals surface area contributed by atoms with E-state index in [1.807, 2.05) is 31.3 Å². The number of halogens is 3. The summed E-state index contributed by atoms with van der Waals surface area (Å²) in [6.07, 6.45) is 1.24. The zero-order chi connectivity index (χ0) is 14.5. The molecule has 0 bridgehead atoms. The molecule has 1 N–H and O–H groups in total. The van der Waals surface area contributed by atoms with E-state index in [1.54, 1.807) is 12.1 Å². The van der Waals surface area contributed by atoms with Gasteiger partial charge in [-0.05, 0) is 43.7 Å². The fourth-order valence-corrected chi connectivity index (χ4v) is 2.63. The zero-order valence-electron chi connectivity index (χ0n) is 11.2. The Morgan fingerprint density at radius 2 is 1.70 bits per heavy atom. The van der Waals surface area contributed by atoms with E-state index in [1.165, 1.54) is 6.07 Å². The Kier molecular flexibility index (Phi) is 5.41. The third-order valence-corrected chi connectivity index (χ3v) is 4.07. The molecule has 20 heavy (non-hydrogen) atoms. The lowest BCUT2D eigenvalue weighted by Crippen LogP contribution is -2.30. The normalized spacial score (nSPS) is 12.4. The molecule has 2 aromatic carbocycles. The van der Waals surface area contributed by atoms with Gasteiger partial charge in [-0.3, -0.25) is 0 Å². The van der Waals surface area contributed by atoms with E-state index in [2.05, 4.69) is 5.32 Å². The number of benzene rings is 2. The van der Waals surface area contributed by atoms with Crippen LogP contribution in [0.5, 0.6) is 0 Å². The molecular weight excluding hydrogens is 296 g/mol. The minimum atomic E-state index is -0.267. The highest BCUT2D eigenvalue weighted by molar-refractivity contribution is 6.31. The molecule has 2 aromatic rings. The molecule has 0 saturated carbocycles. The van der Waals surface area contributed by atoms with Gasteiger partial charge in [0.15, 0.2) is 0 Å². The number of nitrogens with one attached hydrogen (secondary N) is 1. The van der Waals surface area contributed by atoms with Crippen molar-refractivity contribution in [1.29, 1.82) is 0 Å². The molecule has 0 saturated heterocycles. The average Bonchev–Trinajstić information content (AvgIpc) is 2.44. The Labute approximate surface area is 128 Å². The van der Waals surface area contributed by atoms with Crippen molar-refractivity contribution in [2.75, 3.05) is 7.05 Å². The Hall–Kier alpha value is -1.09. The highest BCUT2D eigenvalue weighted by atomic mass is 35.5. The maximum absolute atomic E-state index is 13.8. The third-order valence-electron chi connectivity index (χ3n) is 3.34. The van der Waals surface area contributed by atoms with Crippen LogP contribution < -0.4 is 5.32 Å². The van der Waals surface area contributed by atoms with E-state index >= 15 is 0 Å². The van der Waals surface area contributed by atoms with E-state index in [4.69, 9.17) is 23.2 Å². The SMILES string of the molecule is CNC(Cc1ccccc1Cl)Cc1c(F)cccc1Cl. The molecule has 1 unspecified atom stereocenters. The quantitative estimate of drug-likeness (QED) is 0.857. The Morgan fingerprint density at radius 1 is 1.00 bits per heavy atom. The highest BCUT2D eigenvalue weighted by Crippen LogP contribution is 2.23. The summed E-state index contributed by atoms with van der Waals surface area (Å²) in [6.45, 7) is 0. The lowest BCUT2D eigenvalue weighted by atomic mass is 9.98. The van der Waals surface area contributed by atoms with Crippen LogP contribution in [0.1, 0.15) is 11.1 Å². The van der Waals surface area contributed by atoms with E-state index in [0.717, 1.165) is 17.0 Å². The molecule has 0 amide bonds. The Balaban J connectivity index is 2.16. The van der Waals surface area contributed by atoms with Gasteiger partial charge < -0.3 is 5.32 Å². The van der Waals surface area contributed by atoms with Crippen LogP contribution in [-0.2, 0) is 12.8 Å². The molecule has 0 radical (unpaired) electrons. The maximum Gasteiger partial charge on any atom is 0.127 e. The lowest BCUT2D eigenvalue weighted by molar-refractivity contribution is 0.532. The van der Waals surface area contributed by atoms with Crippen molar-refractivity contribution in [1.82, 2.24) is 5.32 Å². The number of likely N-dealkylation sites (N-methyl/N-ethyl adjacent to an activating group) is 1. The Morgan fingerprint density at radius 3 is 2.35 bits per heavy atom. The van der Waals surface area contributed by atoms with E-state index < -0.39 is 0 Å². The summed E-state index contributed by atoms with van der Waals surface area (Å²) < 4.78 is 13.8. The number of hydrogen-bond donors (Lipinski definition) is 1. The van der Waals surface area contributed by atoms with Gasteiger partial charge in [0.25, 0.3) is 0 Å². The summed E-state index contributed by atoms with van der Waals surface area (Å²) in [5.41, 5.74) is 1.58. The van der Waals surface area contributed by atoms with Crippen molar-refractivity contribution >= 4 is 23.2 Å². The first-order chi connectivity index (χ1) is 9.61. The maximum atomic E-state index is 13.8. The average molecular weight is 312 g/mol. The first-order valence-electron chi connectivity index (χ1n) is 6.45. The van der Waals surface area contributed by atoms with Crippen LogP contribution in [0, 0.1) is 5.82 Å². The minimum absolute atomic E-state index is 0.0734. The second-order valence-electron chi connectivity index (χ2n) is 4.69. The smallest absolute Gasteiger partial charge is 0.127 e. The molecular formula is C16H16Cl2FN. The van der Waals surface area contributed by atoms with Crippen molar-refractivity contribution in [2.45, 2.75) is 18.9 Å². The molecule has 4 heteroatoms. The third kappa shape index (κ3) is 3.72.